The van der Waals surface area contributed by atoms with Crippen LogP contribution in [-0.2, 0) is 17.5 Å². The number of rotatable bonds is 4. The molecule has 0 unspecified atom stereocenters. The van der Waals surface area contributed by atoms with Gasteiger partial charge in [-0.3, -0.25) is 9.78 Å². The van der Waals surface area contributed by atoms with Gasteiger partial charge in [-0.2, -0.15) is 13.2 Å². The third-order valence-corrected chi connectivity index (χ3v) is 3.77. The Hall–Kier alpha value is -2.63. The van der Waals surface area contributed by atoms with Crippen molar-refractivity contribution in [3.63, 3.8) is 0 Å². The van der Waals surface area contributed by atoms with Crippen molar-refractivity contribution in [2.45, 2.75) is 39.0 Å². The average molecular weight is 362 g/mol. The summed E-state index contributed by atoms with van der Waals surface area (Å²) in [5.41, 5.74) is 0.00670. The Morgan fingerprint density at radius 2 is 1.88 bits per heavy atom. The van der Waals surface area contributed by atoms with Gasteiger partial charge in [-0.25, -0.2) is 0 Å². The van der Waals surface area contributed by atoms with Gasteiger partial charge in [-0.15, -0.1) is 0 Å². The minimum Gasteiger partial charge on any atom is -0.330 e. The number of hydrogen-bond acceptors (Lipinski definition) is 2. The first kappa shape index (κ1) is 19.7. The number of amides is 1. The second-order valence-electron chi connectivity index (χ2n) is 6.91. The fraction of sp³-hybridized carbons (Fsp3) is 0.300. The number of alkyl halides is 3. The van der Waals surface area contributed by atoms with Crippen LogP contribution in [0.25, 0.3) is 6.08 Å². The highest BCUT2D eigenvalue weighted by Gasteiger charge is 2.30. The van der Waals surface area contributed by atoms with Crippen LogP contribution >= 0.6 is 0 Å². The Kier molecular flexibility index (Phi) is 5.85. The average Bonchev–Trinajstić information content (AvgIpc) is 2.57. The Balaban J connectivity index is 2.20. The molecule has 1 heterocycles. The monoisotopic (exact) mass is 362 g/mol. The van der Waals surface area contributed by atoms with Crippen LogP contribution in [0.5, 0.6) is 0 Å². The smallest absolute Gasteiger partial charge is 0.330 e. The number of carbonyl (C=O) groups excluding carboxylic acids is 1. The Labute approximate surface area is 151 Å². The SMILES string of the molecule is CC(C)(C)N(Cc1cccnc1)C(=O)/C=C/c1cccc(C(F)(F)F)c1. The van der Waals surface area contributed by atoms with Crippen molar-refractivity contribution in [1.82, 2.24) is 9.88 Å². The zero-order chi connectivity index (χ0) is 19.4. The van der Waals surface area contributed by atoms with Crippen LogP contribution in [0.1, 0.15) is 37.5 Å². The molecule has 0 spiro atoms. The topological polar surface area (TPSA) is 33.2 Å². The minimum absolute atomic E-state index is 0.279. The molecule has 0 radical (unpaired) electrons. The normalized spacial score (nSPS) is 12.4. The quantitative estimate of drug-likeness (QED) is 0.722. The second-order valence-corrected chi connectivity index (χ2v) is 6.91. The standard InChI is InChI=1S/C20H21F3N2O/c1-19(2,3)25(14-16-7-5-11-24-13-16)18(26)10-9-15-6-4-8-17(12-15)20(21,22)23/h4-13H,14H2,1-3H3/b10-9+. The van der Waals surface area contributed by atoms with E-state index in [0.29, 0.717) is 12.1 Å². The highest BCUT2D eigenvalue weighted by Crippen LogP contribution is 2.29. The van der Waals surface area contributed by atoms with Crippen LogP contribution in [0.3, 0.4) is 0 Å². The molecule has 0 bridgehead atoms. The first-order chi connectivity index (χ1) is 12.1. The summed E-state index contributed by atoms with van der Waals surface area (Å²) in [6.45, 7) is 6.07. The molecular formula is C20H21F3N2O. The predicted octanol–water partition coefficient (Wildman–Crippen LogP) is 4.94. The fourth-order valence-corrected chi connectivity index (χ4v) is 2.40. The van der Waals surface area contributed by atoms with E-state index in [9.17, 15) is 18.0 Å². The first-order valence-electron chi connectivity index (χ1n) is 8.13. The largest absolute Gasteiger partial charge is 0.416 e. The molecule has 0 aliphatic carbocycles. The van der Waals surface area contributed by atoms with Gasteiger partial charge >= 0.3 is 6.18 Å². The summed E-state index contributed by atoms with van der Waals surface area (Å²) < 4.78 is 38.4. The van der Waals surface area contributed by atoms with Crippen LogP contribution < -0.4 is 0 Å². The van der Waals surface area contributed by atoms with E-state index in [1.165, 1.54) is 24.3 Å². The molecule has 26 heavy (non-hydrogen) atoms. The van der Waals surface area contributed by atoms with E-state index in [2.05, 4.69) is 4.98 Å². The van der Waals surface area contributed by atoms with E-state index >= 15 is 0 Å². The van der Waals surface area contributed by atoms with Gasteiger partial charge in [0, 0.05) is 30.6 Å². The zero-order valence-electron chi connectivity index (χ0n) is 14.9. The van der Waals surface area contributed by atoms with E-state index in [0.717, 1.165) is 17.7 Å². The summed E-state index contributed by atoms with van der Waals surface area (Å²) in [5.74, 6) is -0.279. The molecule has 2 aromatic rings. The van der Waals surface area contributed by atoms with Crippen LogP contribution in [0.2, 0.25) is 0 Å². The molecule has 0 atom stereocenters. The Morgan fingerprint density at radius 3 is 2.46 bits per heavy atom. The number of carbonyl (C=O) groups is 1. The van der Waals surface area contributed by atoms with E-state index < -0.39 is 17.3 Å². The fourth-order valence-electron chi connectivity index (χ4n) is 2.40. The molecule has 1 aromatic carbocycles. The number of nitrogens with zero attached hydrogens (tertiary/aromatic N) is 2. The molecule has 0 aliphatic rings. The van der Waals surface area contributed by atoms with Gasteiger partial charge in [0.25, 0.3) is 0 Å². The van der Waals surface area contributed by atoms with Crippen LogP contribution in [0, 0.1) is 0 Å². The van der Waals surface area contributed by atoms with Crippen molar-refractivity contribution >= 4 is 12.0 Å². The second kappa shape index (κ2) is 7.72. The van der Waals surface area contributed by atoms with Gasteiger partial charge < -0.3 is 4.90 Å². The number of halogens is 3. The molecule has 0 N–H and O–H groups in total. The molecule has 0 fully saturated rings. The summed E-state index contributed by atoms with van der Waals surface area (Å²) in [4.78, 5) is 18.3. The summed E-state index contributed by atoms with van der Waals surface area (Å²) >= 11 is 0. The lowest BCUT2D eigenvalue weighted by atomic mass is 10.0. The number of aromatic nitrogens is 1. The van der Waals surface area contributed by atoms with Crippen molar-refractivity contribution < 1.29 is 18.0 Å². The van der Waals surface area contributed by atoms with E-state index in [1.54, 1.807) is 23.4 Å². The highest BCUT2D eigenvalue weighted by atomic mass is 19.4. The molecule has 0 saturated carbocycles. The number of benzene rings is 1. The third-order valence-electron chi connectivity index (χ3n) is 3.77. The lowest BCUT2D eigenvalue weighted by Gasteiger charge is -2.35. The maximum Gasteiger partial charge on any atom is 0.416 e. The summed E-state index contributed by atoms with van der Waals surface area (Å²) in [6, 6.07) is 8.54. The Morgan fingerprint density at radius 1 is 1.15 bits per heavy atom. The van der Waals surface area contributed by atoms with Crippen LogP contribution in [0.15, 0.2) is 54.9 Å². The molecule has 2 rings (SSSR count). The minimum atomic E-state index is -4.41. The zero-order valence-corrected chi connectivity index (χ0v) is 14.9. The predicted molar refractivity (Wildman–Crippen MR) is 95.0 cm³/mol. The van der Waals surface area contributed by atoms with E-state index in [4.69, 9.17) is 0 Å². The molecule has 0 aliphatic heterocycles. The van der Waals surface area contributed by atoms with Gasteiger partial charge in [0.15, 0.2) is 0 Å². The van der Waals surface area contributed by atoms with Gasteiger partial charge in [0.05, 0.1) is 5.56 Å². The molecule has 6 heteroatoms. The summed E-state index contributed by atoms with van der Waals surface area (Å²) in [5, 5.41) is 0. The van der Waals surface area contributed by atoms with Gasteiger partial charge in [0.1, 0.15) is 0 Å². The van der Waals surface area contributed by atoms with Gasteiger partial charge in [-0.05, 0) is 56.2 Å². The molecular weight excluding hydrogens is 341 g/mol. The van der Waals surface area contributed by atoms with Crippen molar-refractivity contribution in [2.24, 2.45) is 0 Å². The van der Waals surface area contributed by atoms with Crippen molar-refractivity contribution in [1.29, 1.82) is 0 Å². The lowest BCUT2D eigenvalue weighted by molar-refractivity contribution is -0.137. The molecule has 3 nitrogen and oxygen atoms in total. The van der Waals surface area contributed by atoms with Crippen molar-refractivity contribution in [2.75, 3.05) is 0 Å². The van der Waals surface area contributed by atoms with Crippen molar-refractivity contribution in [3.8, 4) is 0 Å². The maximum absolute atomic E-state index is 12.8. The highest BCUT2D eigenvalue weighted by molar-refractivity contribution is 5.92. The molecule has 0 saturated heterocycles. The molecule has 138 valence electrons. The molecule has 1 aromatic heterocycles. The van der Waals surface area contributed by atoms with E-state index in [1.807, 2.05) is 26.8 Å². The Bertz CT molecular complexity index is 778. The third kappa shape index (κ3) is 5.44. The maximum atomic E-state index is 12.8. The van der Waals surface area contributed by atoms with Gasteiger partial charge in [-0.1, -0.05) is 18.2 Å². The van der Waals surface area contributed by atoms with Crippen molar-refractivity contribution in [3.05, 3.63) is 71.6 Å². The molecule has 1 amide bonds. The summed E-state index contributed by atoms with van der Waals surface area (Å²) in [6.07, 6.45) is 1.63. The van der Waals surface area contributed by atoms with Crippen LogP contribution in [0.4, 0.5) is 13.2 Å². The van der Waals surface area contributed by atoms with E-state index in [-0.39, 0.29) is 5.91 Å². The summed E-state index contributed by atoms with van der Waals surface area (Å²) in [7, 11) is 0. The van der Waals surface area contributed by atoms with Gasteiger partial charge in [0.2, 0.25) is 5.91 Å². The first-order valence-corrected chi connectivity index (χ1v) is 8.13. The number of pyridine rings is 1. The number of hydrogen-bond donors (Lipinski definition) is 0. The lowest BCUT2D eigenvalue weighted by Crippen LogP contribution is -2.44. The van der Waals surface area contributed by atoms with Crippen LogP contribution in [-0.4, -0.2) is 21.3 Å².